The summed E-state index contributed by atoms with van der Waals surface area (Å²) < 4.78 is -1.29. The first-order valence-corrected chi connectivity index (χ1v) is 9.30. The predicted molar refractivity (Wildman–Crippen MR) is 88.4 cm³/mol. The van der Waals surface area contributed by atoms with Crippen molar-refractivity contribution in [2.75, 3.05) is 5.88 Å². The molecule has 2 fully saturated rings. The summed E-state index contributed by atoms with van der Waals surface area (Å²) in [4.78, 5) is -1.89. The number of alkyl halides is 9. The molecule has 19 heavy (non-hydrogen) atoms. The van der Waals surface area contributed by atoms with E-state index in [4.69, 9.17) is 104 Å². The van der Waals surface area contributed by atoms with Crippen LogP contribution in [0, 0.1) is 16.7 Å². The van der Waals surface area contributed by atoms with Crippen LogP contribution in [0.3, 0.4) is 0 Å². The van der Waals surface area contributed by atoms with Gasteiger partial charge in [0.25, 0.3) is 0 Å². The van der Waals surface area contributed by atoms with E-state index in [-0.39, 0.29) is 11.8 Å². The molecule has 0 aromatic carbocycles. The van der Waals surface area contributed by atoms with Crippen molar-refractivity contribution in [2.24, 2.45) is 16.7 Å². The van der Waals surface area contributed by atoms with Crippen LogP contribution in [-0.4, -0.2) is 30.6 Å². The summed E-state index contributed by atoms with van der Waals surface area (Å²) in [6.45, 7) is 0. The first kappa shape index (κ1) is 18.0. The molecule has 0 aromatic heterocycles. The molecule has 1 unspecified atom stereocenters. The Bertz CT molecular complexity index is 370. The quantitative estimate of drug-likeness (QED) is 0.450. The van der Waals surface area contributed by atoms with Crippen LogP contribution in [0.2, 0.25) is 0 Å². The van der Waals surface area contributed by atoms with Crippen LogP contribution in [0.5, 0.6) is 0 Å². The van der Waals surface area contributed by atoms with Gasteiger partial charge in [0.15, 0.2) is 0 Å². The summed E-state index contributed by atoms with van der Waals surface area (Å²) >= 11 is 56.7. The molecule has 0 nitrogen and oxygen atoms in total. The van der Waals surface area contributed by atoms with Gasteiger partial charge in [-0.25, -0.2) is 0 Å². The van der Waals surface area contributed by atoms with E-state index in [1.165, 1.54) is 0 Å². The highest BCUT2D eigenvalue weighted by Gasteiger charge is 2.84. The molecule has 2 saturated carbocycles. The molecule has 0 saturated heterocycles. The van der Waals surface area contributed by atoms with Crippen LogP contribution in [0.1, 0.15) is 6.42 Å². The fourth-order valence-electron chi connectivity index (χ4n) is 3.68. The number of hydrogen-bond donors (Lipinski definition) is 0. The van der Waals surface area contributed by atoms with Crippen molar-refractivity contribution in [3.8, 4) is 0 Å². The summed E-state index contributed by atoms with van der Waals surface area (Å²) in [6, 6.07) is 0. The Kier molecular flexibility index (Phi) is 5.30. The van der Waals surface area contributed by atoms with Crippen LogP contribution < -0.4 is 0 Å². The summed E-state index contributed by atoms with van der Waals surface area (Å²) in [7, 11) is 0. The maximum atomic E-state index is 6.46. The van der Waals surface area contributed by atoms with E-state index in [0.717, 1.165) is 0 Å². The predicted octanol–water partition coefficient (Wildman–Crippen LogP) is 6.23. The van der Waals surface area contributed by atoms with Gasteiger partial charge in [-0.2, -0.15) is 0 Å². The standard InChI is InChI=1S/C10H9Cl9/c11-2-8(6(14)15)3-1-9(18,19)10(8,7(16)17)5(13)4(3)12/h3-7H,1-2H2/t3-,4+,5-,8-,10?/m0/s1. The van der Waals surface area contributed by atoms with E-state index < -0.39 is 35.6 Å². The van der Waals surface area contributed by atoms with Gasteiger partial charge in [-0.1, -0.05) is 0 Å². The molecule has 5 atom stereocenters. The Labute approximate surface area is 157 Å². The Balaban J connectivity index is 2.74. The van der Waals surface area contributed by atoms with Gasteiger partial charge in [0.1, 0.15) is 14.0 Å². The molecule has 0 spiro atoms. The van der Waals surface area contributed by atoms with Crippen molar-refractivity contribution < 1.29 is 0 Å². The minimum Gasteiger partial charge on any atom is -0.126 e. The number of fused-ring (bicyclic) bond motifs is 2. The third kappa shape index (κ3) is 1.94. The van der Waals surface area contributed by atoms with Crippen molar-refractivity contribution in [3.05, 3.63) is 0 Å². The molecule has 0 aliphatic heterocycles. The van der Waals surface area contributed by atoms with Crippen molar-refractivity contribution in [3.63, 3.8) is 0 Å². The van der Waals surface area contributed by atoms with Crippen molar-refractivity contribution in [1.82, 2.24) is 0 Å². The largest absolute Gasteiger partial charge is 0.129 e. The number of hydrogen-bond acceptors (Lipinski definition) is 0. The third-order valence-corrected chi connectivity index (χ3v) is 8.71. The van der Waals surface area contributed by atoms with Crippen LogP contribution in [0.25, 0.3) is 0 Å². The van der Waals surface area contributed by atoms with Crippen LogP contribution in [-0.2, 0) is 0 Å². The minimum absolute atomic E-state index is 0.0684. The molecule has 2 bridgehead atoms. The average Bonchev–Trinajstić information content (AvgIpc) is 2.62. The summed E-state index contributed by atoms with van der Waals surface area (Å²) in [5.41, 5.74) is -2.12. The molecule has 0 aromatic rings. The van der Waals surface area contributed by atoms with Gasteiger partial charge in [-0.3, -0.25) is 0 Å². The zero-order valence-corrected chi connectivity index (χ0v) is 16.0. The second kappa shape index (κ2) is 5.60. The van der Waals surface area contributed by atoms with E-state index in [1.54, 1.807) is 0 Å². The lowest BCUT2D eigenvalue weighted by Gasteiger charge is -2.50. The fourth-order valence-corrected chi connectivity index (χ4v) is 9.10. The molecule has 0 heterocycles. The average molecular weight is 448 g/mol. The highest BCUT2D eigenvalue weighted by atomic mass is 35.5. The molecule has 2 rings (SSSR count). The second-order valence-corrected chi connectivity index (χ2v) is 9.92. The summed E-state index contributed by atoms with van der Waals surface area (Å²) in [6.07, 6.45) is 0.339. The highest BCUT2D eigenvalue weighted by molar-refractivity contribution is 6.54. The Morgan fingerprint density at radius 2 is 1.53 bits per heavy atom. The number of rotatable bonds is 3. The van der Waals surface area contributed by atoms with Crippen molar-refractivity contribution in [2.45, 2.75) is 31.2 Å². The monoisotopic (exact) mass is 444 g/mol. The zero-order valence-electron chi connectivity index (χ0n) is 9.20. The fraction of sp³-hybridized carbons (Fsp3) is 1.00. The zero-order chi connectivity index (χ0) is 14.8. The van der Waals surface area contributed by atoms with Crippen LogP contribution >= 0.6 is 104 Å². The summed E-state index contributed by atoms with van der Waals surface area (Å²) in [5, 5.41) is -1.13. The van der Waals surface area contributed by atoms with Gasteiger partial charge in [0, 0.05) is 11.3 Å². The Morgan fingerprint density at radius 1 is 1.00 bits per heavy atom. The smallest absolute Gasteiger partial charge is 0.126 e. The lowest BCUT2D eigenvalue weighted by molar-refractivity contribution is 0.137. The van der Waals surface area contributed by atoms with E-state index in [2.05, 4.69) is 0 Å². The molecule has 112 valence electrons. The van der Waals surface area contributed by atoms with Gasteiger partial charge < -0.3 is 0 Å². The topological polar surface area (TPSA) is 0 Å². The summed E-state index contributed by atoms with van der Waals surface area (Å²) in [5.74, 6) is -0.192. The maximum Gasteiger partial charge on any atom is 0.129 e. The van der Waals surface area contributed by atoms with Gasteiger partial charge in [0.05, 0.1) is 16.2 Å². The Morgan fingerprint density at radius 3 is 1.84 bits per heavy atom. The Hall–Kier alpha value is 2.61. The normalized spacial score (nSPS) is 48.5. The molecule has 0 N–H and O–H groups in total. The highest BCUT2D eigenvalue weighted by Crippen LogP contribution is 2.79. The molecule has 0 amide bonds. The molecule has 2 aliphatic rings. The first-order valence-electron chi connectivity index (χ1n) is 5.39. The SMILES string of the molecule is ClC[C@@]1(C(Cl)Cl)[C@H]2CC(Cl)(Cl)C1(C(Cl)Cl)[C@@H](Cl)[C@@H]2Cl. The first-order chi connectivity index (χ1) is 8.61. The van der Waals surface area contributed by atoms with E-state index >= 15 is 0 Å². The molecule has 9 heteroatoms. The van der Waals surface area contributed by atoms with Crippen molar-refractivity contribution >= 4 is 104 Å². The van der Waals surface area contributed by atoms with Gasteiger partial charge in [-0.05, 0) is 12.3 Å². The number of halogens is 9. The van der Waals surface area contributed by atoms with E-state index in [0.29, 0.717) is 6.42 Å². The lowest BCUT2D eigenvalue weighted by Crippen LogP contribution is -2.58. The third-order valence-electron chi connectivity index (χ3n) is 4.57. The van der Waals surface area contributed by atoms with Crippen LogP contribution in [0.4, 0.5) is 0 Å². The molecular weight excluding hydrogens is 439 g/mol. The second-order valence-electron chi connectivity index (χ2n) is 5.01. The van der Waals surface area contributed by atoms with Gasteiger partial charge in [0.2, 0.25) is 0 Å². The van der Waals surface area contributed by atoms with E-state index in [9.17, 15) is 0 Å². The minimum atomic E-state index is -1.29. The molecule has 0 radical (unpaired) electrons. The van der Waals surface area contributed by atoms with Gasteiger partial charge >= 0.3 is 0 Å². The molecular formula is C10H9Cl9. The van der Waals surface area contributed by atoms with Crippen LogP contribution in [0.15, 0.2) is 0 Å². The van der Waals surface area contributed by atoms with Gasteiger partial charge in [-0.15, -0.1) is 104 Å². The maximum absolute atomic E-state index is 6.46. The van der Waals surface area contributed by atoms with Crippen molar-refractivity contribution in [1.29, 1.82) is 0 Å². The molecule has 2 aliphatic carbocycles. The van der Waals surface area contributed by atoms with E-state index in [1.807, 2.05) is 0 Å². The lowest BCUT2D eigenvalue weighted by atomic mass is 9.69.